The second-order valence-corrected chi connectivity index (χ2v) is 9.29. The number of aliphatic carboxylic acids is 1. The van der Waals surface area contributed by atoms with Gasteiger partial charge in [0.2, 0.25) is 15.9 Å². The van der Waals surface area contributed by atoms with E-state index < -0.39 is 22.0 Å². The van der Waals surface area contributed by atoms with E-state index in [9.17, 15) is 23.1 Å². The maximum atomic E-state index is 12.5. The van der Waals surface area contributed by atoms with Gasteiger partial charge in [0, 0.05) is 24.2 Å². The number of hydrogen-bond acceptors (Lipinski definition) is 6. The molecule has 10 heteroatoms. The first kappa shape index (κ1) is 20.7. The third-order valence-electron chi connectivity index (χ3n) is 4.50. The first-order valence-corrected chi connectivity index (χ1v) is 11.4. The molecule has 2 aromatic rings. The molecule has 0 bridgehead atoms. The molecular weight excluding hydrogens is 404 g/mol. The maximum absolute atomic E-state index is 12.5. The van der Waals surface area contributed by atoms with Crippen molar-refractivity contribution in [3.63, 3.8) is 0 Å². The standard InChI is InChI=1S/C18H22N2O6S2/c21-17(20-6-8-26-9-7-20)4-2-15(18(22)23)19-28(24,25)12-13-1-3-16-14(11-13)5-10-27-16/h1,3,5,10-11,15,19H,2,4,6-9,12H2,(H,22,23)/t15-/m1/s1. The molecule has 1 fully saturated rings. The largest absolute Gasteiger partial charge is 0.480 e. The van der Waals surface area contributed by atoms with E-state index in [1.165, 1.54) is 0 Å². The number of nitrogens with zero attached hydrogens (tertiary/aromatic N) is 1. The Labute approximate surface area is 167 Å². The number of sulfonamides is 1. The van der Waals surface area contributed by atoms with E-state index in [0.717, 1.165) is 10.1 Å². The van der Waals surface area contributed by atoms with Crippen LogP contribution in [0.3, 0.4) is 0 Å². The van der Waals surface area contributed by atoms with Crippen molar-refractivity contribution in [3.05, 3.63) is 35.2 Å². The van der Waals surface area contributed by atoms with E-state index in [0.29, 0.717) is 31.9 Å². The molecule has 8 nitrogen and oxygen atoms in total. The van der Waals surface area contributed by atoms with Crippen LogP contribution in [-0.4, -0.2) is 62.6 Å². The Morgan fingerprint density at radius 1 is 1.25 bits per heavy atom. The number of thiophene rings is 1. The minimum Gasteiger partial charge on any atom is -0.480 e. The van der Waals surface area contributed by atoms with Gasteiger partial charge in [-0.15, -0.1) is 11.3 Å². The molecule has 0 saturated carbocycles. The number of morpholine rings is 1. The second kappa shape index (κ2) is 8.99. The fourth-order valence-corrected chi connectivity index (χ4v) is 5.18. The summed E-state index contributed by atoms with van der Waals surface area (Å²) in [4.78, 5) is 25.3. The van der Waals surface area contributed by atoms with Gasteiger partial charge in [0.25, 0.3) is 0 Å². The molecule has 0 unspecified atom stereocenters. The van der Waals surface area contributed by atoms with Crippen LogP contribution in [0.5, 0.6) is 0 Å². The molecule has 0 aliphatic carbocycles. The van der Waals surface area contributed by atoms with Gasteiger partial charge in [-0.3, -0.25) is 9.59 Å². The molecule has 0 radical (unpaired) electrons. The number of rotatable bonds is 8. The van der Waals surface area contributed by atoms with E-state index in [4.69, 9.17) is 4.74 Å². The molecule has 1 saturated heterocycles. The van der Waals surface area contributed by atoms with Gasteiger partial charge < -0.3 is 14.7 Å². The predicted molar refractivity (Wildman–Crippen MR) is 106 cm³/mol. The quantitative estimate of drug-likeness (QED) is 0.660. The minimum absolute atomic E-state index is 0.0413. The summed E-state index contributed by atoms with van der Waals surface area (Å²) in [7, 11) is -3.88. The van der Waals surface area contributed by atoms with Crippen LogP contribution < -0.4 is 4.72 Å². The highest BCUT2D eigenvalue weighted by Crippen LogP contribution is 2.22. The number of nitrogens with one attached hydrogen (secondary N) is 1. The van der Waals surface area contributed by atoms with E-state index in [1.54, 1.807) is 28.4 Å². The number of carbonyl (C=O) groups excluding carboxylic acids is 1. The lowest BCUT2D eigenvalue weighted by molar-refractivity contribution is -0.140. The van der Waals surface area contributed by atoms with Gasteiger partial charge in [0.1, 0.15) is 6.04 Å². The lowest BCUT2D eigenvalue weighted by Crippen LogP contribution is -2.44. The predicted octanol–water partition coefficient (Wildman–Crippen LogP) is 1.41. The summed E-state index contributed by atoms with van der Waals surface area (Å²) in [6.45, 7) is 1.84. The zero-order valence-electron chi connectivity index (χ0n) is 15.2. The van der Waals surface area contributed by atoms with Crippen LogP contribution in [0.4, 0.5) is 0 Å². The molecule has 28 heavy (non-hydrogen) atoms. The molecular formula is C18H22N2O6S2. The maximum Gasteiger partial charge on any atom is 0.321 e. The summed E-state index contributed by atoms with van der Waals surface area (Å²) < 4.78 is 33.4. The average Bonchev–Trinajstić information content (AvgIpc) is 3.12. The smallest absolute Gasteiger partial charge is 0.321 e. The number of fused-ring (bicyclic) bond motifs is 1. The van der Waals surface area contributed by atoms with Gasteiger partial charge in [-0.05, 0) is 40.9 Å². The normalized spacial score (nSPS) is 16.2. The molecule has 1 aromatic heterocycles. The van der Waals surface area contributed by atoms with Gasteiger partial charge in [0.05, 0.1) is 19.0 Å². The summed E-state index contributed by atoms with van der Waals surface area (Å²) in [5.41, 5.74) is 0.576. The second-order valence-electron chi connectivity index (χ2n) is 6.59. The van der Waals surface area contributed by atoms with Crippen LogP contribution in [0.25, 0.3) is 10.1 Å². The fourth-order valence-electron chi connectivity index (χ4n) is 3.06. The first-order chi connectivity index (χ1) is 13.3. The average molecular weight is 427 g/mol. The molecule has 152 valence electrons. The Bertz CT molecular complexity index is 950. The zero-order chi connectivity index (χ0) is 20.1. The lowest BCUT2D eigenvalue weighted by atomic mass is 10.1. The number of hydrogen-bond donors (Lipinski definition) is 2. The summed E-state index contributed by atoms with van der Waals surface area (Å²) in [5.74, 6) is -1.82. The highest BCUT2D eigenvalue weighted by Gasteiger charge is 2.26. The van der Waals surface area contributed by atoms with Crippen LogP contribution >= 0.6 is 11.3 Å². The lowest BCUT2D eigenvalue weighted by Gasteiger charge is -2.27. The van der Waals surface area contributed by atoms with Gasteiger partial charge in [-0.1, -0.05) is 6.07 Å². The van der Waals surface area contributed by atoms with Gasteiger partial charge in [-0.25, -0.2) is 13.1 Å². The van der Waals surface area contributed by atoms with Gasteiger partial charge >= 0.3 is 5.97 Å². The van der Waals surface area contributed by atoms with Crippen LogP contribution in [0, 0.1) is 0 Å². The van der Waals surface area contributed by atoms with Crippen molar-refractivity contribution in [1.29, 1.82) is 0 Å². The number of carboxylic acid groups (broad SMARTS) is 1. The summed E-state index contributed by atoms with van der Waals surface area (Å²) in [6, 6.07) is 5.90. The van der Waals surface area contributed by atoms with Crippen molar-refractivity contribution in [2.24, 2.45) is 0 Å². The van der Waals surface area contributed by atoms with Gasteiger partial charge in [0.15, 0.2) is 0 Å². The van der Waals surface area contributed by atoms with Crippen molar-refractivity contribution in [1.82, 2.24) is 9.62 Å². The Balaban J connectivity index is 1.60. The molecule has 0 spiro atoms. The molecule has 1 aliphatic heterocycles. The van der Waals surface area contributed by atoms with E-state index in [-0.39, 0.29) is 24.5 Å². The third kappa shape index (κ3) is 5.51. The highest BCUT2D eigenvalue weighted by molar-refractivity contribution is 7.88. The van der Waals surface area contributed by atoms with Crippen LogP contribution in [0.15, 0.2) is 29.6 Å². The third-order valence-corrected chi connectivity index (χ3v) is 6.76. The van der Waals surface area contributed by atoms with E-state index in [1.807, 2.05) is 17.5 Å². The van der Waals surface area contributed by atoms with E-state index in [2.05, 4.69) is 4.72 Å². The number of carbonyl (C=O) groups is 2. The topological polar surface area (TPSA) is 113 Å². The SMILES string of the molecule is O=C(O)[C@@H](CCC(=O)N1CCOCC1)NS(=O)(=O)Cc1ccc2sccc2c1. The molecule has 2 N–H and O–H groups in total. The molecule has 2 heterocycles. The van der Waals surface area contributed by atoms with Crippen molar-refractivity contribution in [2.45, 2.75) is 24.6 Å². The number of benzene rings is 1. The molecule has 1 aromatic carbocycles. The van der Waals surface area contributed by atoms with Crippen molar-refractivity contribution < 1.29 is 27.9 Å². The number of carboxylic acids is 1. The molecule has 1 atom stereocenters. The Morgan fingerprint density at radius 3 is 2.71 bits per heavy atom. The van der Waals surface area contributed by atoms with Crippen LogP contribution in [0.1, 0.15) is 18.4 Å². The monoisotopic (exact) mass is 426 g/mol. The van der Waals surface area contributed by atoms with Crippen LogP contribution in [-0.2, 0) is 30.1 Å². The fraction of sp³-hybridized carbons (Fsp3) is 0.444. The molecule has 3 rings (SSSR count). The van der Waals surface area contributed by atoms with Crippen molar-refractivity contribution >= 4 is 43.3 Å². The Hall–Kier alpha value is -2.01. The Kier molecular flexibility index (Phi) is 6.65. The zero-order valence-corrected chi connectivity index (χ0v) is 16.8. The highest BCUT2D eigenvalue weighted by atomic mass is 32.2. The molecule has 1 amide bonds. The summed E-state index contributed by atoms with van der Waals surface area (Å²) >= 11 is 1.56. The summed E-state index contributed by atoms with van der Waals surface area (Å²) in [6.07, 6.45) is -0.144. The van der Waals surface area contributed by atoms with Crippen LogP contribution in [0.2, 0.25) is 0 Å². The first-order valence-electron chi connectivity index (χ1n) is 8.88. The van der Waals surface area contributed by atoms with Crippen molar-refractivity contribution in [3.8, 4) is 0 Å². The minimum atomic E-state index is -3.88. The molecule has 1 aliphatic rings. The number of amides is 1. The summed E-state index contributed by atoms with van der Waals surface area (Å²) in [5, 5.41) is 12.2. The number of ether oxygens (including phenoxy) is 1. The van der Waals surface area contributed by atoms with Gasteiger partial charge in [-0.2, -0.15) is 0 Å². The van der Waals surface area contributed by atoms with Crippen molar-refractivity contribution in [2.75, 3.05) is 26.3 Å². The Morgan fingerprint density at radius 2 is 2.00 bits per heavy atom. The van der Waals surface area contributed by atoms with E-state index >= 15 is 0 Å².